The molecule has 1 amide bonds. The summed E-state index contributed by atoms with van der Waals surface area (Å²) in [7, 11) is 0. The van der Waals surface area contributed by atoms with Crippen LogP contribution in [0.25, 0.3) is 0 Å². The van der Waals surface area contributed by atoms with E-state index in [2.05, 4.69) is 35.1 Å². The third kappa shape index (κ3) is 4.99. The number of amides is 1. The molecule has 0 aliphatic rings. The highest BCUT2D eigenvalue weighted by atomic mass is 79.9. The number of benzene rings is 2. The predicted molar refractivity (Wildman–Crippen MR) is 100.0 cm³/mol. The second-order valence-corrected chi connectivity index (χ2v) is 6.52. The molecule has 2 rings (SSSR count). The second kappa shape index (κ2) is 8.73. The largest absolute Gasteiger partial charge is 0.492 e. The van der Waals surface area contributed by atoms with Crippen molar-refractivity contribution in [2.75, 3.05) is 18.5 Å². The molecule has 0 unspecified atom stereocenters. The Hall–Kier alpha value is -2.01. The summed E-state index contributed by atoms with van der Waals surface area (Å²) in [5.41, 5.74) is 1.71. The topological polar surface area (TPSA) is 47.6 Å². The van der Waals surface area contributed by atoms with Crippen molar-refractivity contribution >= 4 is 27.5 Å². The molecule has 0 aliphatic heterocycles. The van der Waals surface area contributed by atoms with Gasteiger partial charge < -0.3 is 14.8 Å². The molecular weight excluding hydrogens is 370 g/mol. The number of nitrogens with one attached hydrogen (secondary N) is 1. The molecule has 24 heavy (non-hydrogen) atoms. The predicted octanol–water partition coefficient (Wildman–Crippen LogP) is 4.99. The number of para-hydroxylation sites is 2. The van der Waals surface area contributed by atoms with E-state index in [9.17, 15) is 4.79 Å². The fourth-order valence-corrected chi connectivity index (χ4v) is 2.66. The molecule has 0 heterocycles. The second-order valence-electron chi connectivity index (χ2n) is 5.60. The first kappa shape index (κ1) is 18.3. The van der Waals surface area contributed by atoms with Gasteiger partial charge in [0, 0.05) is 4.47 Å². The highest BCUT2D eigenvalue weighted by Gasteiger charge is 2.12. The van der Waals surface area contributed by atoms with Gasteiger partial charge in [-0.1, -0.05) is 41.9 Å². The van der Waals surface area contributed by atoms with Crippen LogP contribution < -0.4 is 14.8 Å². The van der Waals surface area contributed by atoms with Gasteiger partial charge in [0.15, 0.2) is 6.61 Å². The minimum Gasteiger partial charge on any atom is -0.492 e. The van der Waals surface area contributed by atoms with Crippen molar-refractivity contribution in [2.24, 2.45) is 0 Å². The Morgan fingerprint density at radius 1 is 1.12 bits per heavy atom. The normalized spacial score (nSPS) is 10.5. The zero-order chi connectivity index (χ0) is 17.5. The lowest BCUT2D eigenvalue weighted by molar-refractivity contribution is -0.118. The monoisotopic (exact) mass is 391 g/mol. The molecule has 0 fully saturated rings. The van der Waals surface area contributed by atoms with Crippen molar-refractivity contribution in [3.63, 3.8) is 0 Å². The zero-order valence-corrected chi connectivity index (χ0v) is 15.7. The minimum absolute atomic E-state index is 0.0538. The first-order valence-corrected chi connectivity index (χ1v) is 8.74. The van der Waals surface area contributed by atoms with Crippen LogP contribution >= 0.6 is 15.9 Å². The van der Waals surface area contributed by atoms with Gasteiger partial charge in [0.25, 0.3) is 5.91 Å². The van der Waals surface area contributed by atoms with Crippen molar-refractivity contribution in [3.05, 3.63) is 52.5 Å². The summed E-state index contributed by atoms with van der Waals surface area (Å²) < 4.78 is 12.2. The van der Waals surface area contributed by atoms with Crippen LogP contribution in [0.5, 0.6) is 11.5 Å². The summed E-state index contributed by atoms with van der Waals surface area (Å²) in [6.07, 6.45) is 0. The number of hydrogen-bond acceptors (Lipinski definition) is 3. The first-order chi connectivity index (χ1) is 11.5. The van der Waals surface area contributed by atoms with Gasteiger partial charge in [0.2, 0.25) is 0 Å². The van der Waals surface area contributed by atoms with Crippen molar-refractivity contribution in [3.8, 4) is 11.5 Å². The highest BCUT2D eigenvalue weighted by molar-refractivity contribution is 9.10. The van der Waals surface area contributed by atoms with Gasteiger partial charge >= 0.3 is 0 Å². The van der Waals surface area contributed by atoms with Gasteiger partial charge in [-0.3, -0.25) is 4.79 Å². The molecule has 0 saturated carbocycles. The van der Waals surface area contributed by atoms with E-state index >= 15 is 0 Å². The van der Waals surface area contributed by atoms with Crippen LogP contribution in [0, 0.1) is 0 Å². The van der Waals surface area contributed by atoms with Crippen molar-refractivity contribution in [2.45, 2.75) is 26.7 Å². The first-order valence-electron chi connectivity index (χ1n) is 7.95. The standard InChI is InChI=1S/C19H22BrNO3/c1-4-23-18-8-6-5-7-16(18)21-19(22)12-24-17-10-9-14(20)11-15(17)13(2)3/h5-11,13H,4,12H2,1-3H3,(H,21,22). The maximum Gasteiger partial charge on any atom is 0.262 e. The van der Waals surface area contributed by atoms with Crippen molar-refractivity contribution < 1.29 is 14.3 Å². The molecule has 0 saturated heterocycles. The average molecular weight is 392 g/mol. The third-order valence-electron chi connectivity index (χ3n) is 3.41. The maximum atomic E-state index is 12.2. The van der Waals surface area contributed by atoms with Crippen LogP contribution in [0.4, 0.5) is 5.69 Å². The van der Waals surface area contributed by atoms with Gasteiger partial charge in [0.1, 0.15) is 11.5 Å². The number of ether oxygens (including phenoxy) is 2. The molecule has 0 bridgehead atoms. The Balaban J connectivity index is 2.02. The molecule has 0 atom stereocenters. The molecule has 1 N–H and O–H groups in total. The van der Waals surface area contributed by atoms with E-state index in [-0.39, 0.29) is 12.5 Å². The van der Waals surface area contributed by atoms with Crippen LogP contribution in [0.1, 0.15) is 32.3 Å². The van der Waals surface area contributed by atoms with Crippen molar-refractivity contribution in [1.29, 1.82) is 0 Å². The average Bonchev–Trinajstić information content (AvgIpc) is 2.55. The summed E-state index contributed by atoms with van der Waals surface area (Å²) in [5, 5.41) is 2.83. The summed E-state index contributed by atoms with van der Waals surface area (Å²) >= 11 is 3.46. The molecule has 5 heteroatoms. The Morgan fingerprint density at radius 2 is 1.88 bits per heavy atom. The van der Waals surface area contributed by atoms with Gasteiger partial charge in [0.05, 0.1) is 12.3 Å². The zero-order valence-electron chi connectivity index (χ0n) is 14.1. The number of carbonyl (C=O) groups is 1. The van der Waals surface area contributed by atoms with Crippen LogP contribution in [0.2, 0.25) is 0 Å². The number of anilines is 1. The molecule has 2 aromatic rings. The fourth-order valence-electron chi connectivity index (χ4n) is 2.28. The number of carbonyl (C=O) groups excluding carboxylic acids is 1. The lowest BCUT2D eigenvalue weighted by Gasteiger charge is -2.15. The van der Waals surface area contributed by atoms with Gasteiger partial charge in [-0.2, -0.15) is 0 Å². The molecule has 0 spiro atoms. The van der Waals surface area contributed by atoms with E-state index < -0.39 is 0 Å². The van der Waals surface area contributed by atoms with Crippen LogP contribution in [-0.2, 0) is 4.79 Å². The summed E-state index contributed by atoms with van der Waals surface area (Å²) in [5.74, 6) is 1.46. The SMILES string of the molecule is CCOc1ccccc1NC(=O)COc1ccc(Br)cc1C(C)C. The van der Waals surface area contributed by atoms with E-state index in [1.165, 1.54) is 0 Å². The van der Waals surface area contributed by atoms with E-state index in [4.69, 9.17) is 9.47 Å². The van der Waals surface area contributed by atoms with E-state index in [0.717, 1.165) is 15.8 Å². The number of halogens is 1. The molecule has 2 aromatic carbocycles. The van der Waals surface area contributed by atoms with Gasteiger partial charge in [-0.25, -0.2) is 0 Å². The van der Waals surface area contributed by atoms with Gasteiger partial charge in [-0.15, -0.1) is 0 Å². The maximum absolute atomic E-state index is 12.2. The lowest BCUT2D eigenvalue weighted by Crippen LogP contribution is -2.21. The Kier molecular flexibility index (Phi) is 6.67. The van der Waals surface area contributed by atoms with Crippen LogP contribution in [0.3, 0.4) is 0 Å². The molecule has 0 radical (unpaired) electrons. The molecule has 128 valence electrons. The smallest absolute Gasteiger partial charge is 0.262 e. The number of rotatable bonds is 7. The Labute approximate surface area is 151 Å². The summed E-state index contributed by atoms with van der Waals surface area (Å²) in [6, 6.07) is 13.2. The number of hydrogen-bond donors (Lipinski definition) is 1. The van der Waals surface area contributed by atoms with E-state index in [0.29, 0.717) is 24.0 Å². The van der Waals surface area contributed by atoms with Crippen LogP contribution in [-0.4, -0.2) is 19.1 Å². The Morgan fingerprint density at radius 3 is 2.58 bits per heavy atom. The summed E-state index contributed by atoms with van der Waals surface area (Å²) in [6.45, 7) is 6.57. The van der Waals surface area contributed by atoms with Crippen LogP contribution in [0.15, 0.2) is 46.9 Å². The summed E-state index contributed by atoms with van der Waals surface area (Å²) in [4.78, 5) is 12.2. The third-order valence-corrected chi connectivity index (χ3v) is 3.91. The Bertz CT molecular complexity index is 701. The highest BCUT2D eigenvalue weighted by Crippen LogP contribution is 2.29. The quantitative estimate of drug-likeness (QED) is 0.722. The lowest BCUT2D eigenvalue weighted by atomic mass is 10.0. The van der Waals surface area contributed by atoms with Gasteiger partial charge in [-0.05, 0) is 48.7 Å². The molecular formula is C19H22BrNO3. The fraction of sp³-hybridized carbons (Fsp3) is 0.316. The van der Waals surface area contributed by atoms with E-state index in [1.807, 2.05) is 49.4 Å². The van der Waals surface area contributed by atoms with E-state index in [1.54, 1.807) is 0 Å². The molecule has 4 nitrogen and oxygen atoms in total. The van der Waals surface area contributed by atoms with Crippen molar-refractivity contribution in [1.82, 2.24) is 0 Å². The molecule has 0 aliphatic carbocycles. The minimum atomic E-state index is -0.222. The molecule has 0 aromatic heterocycles.